The highest BCUT2D eigenvalue weighted by molar-refractivity contribution is 7.99. The Morgan fingerprint density at radius 1 is 1.28 bits per heavy atom. The van der Waals surface area contributed by atoms with Crippen molar-refractivity contribution >= 4 is 11.8 Å². The fourth-order valence-corrected chi connectivity index (χ4v) is 3.78. The van der Waals surface area contributed by atoms with Crippen molar-refractivity contribution in [3.63, 3.8) is 0 Å². The first kappa shape index (κ1) is 13.9. The Bertz CT molecular complexity index is 383. The maximum atomic E-state index is 8.88. The summed E-state index contributed by atoms with van der Waals surface area (Å²) in [7, 11) is 0. The van der Waals surface area contributed by atoms with Crippen molar-refractivity contribution in [2.45, 2.75) is 63.6 Å². The van der Waals surface area contributed by atoms with Crippen LogP contribution in [0.3, 0.4) is 0 Å². The van der Waals surface area contributed by atoms with Crippen LogP contribution in [0, 0.1) is 13.8 Å². The number of aryl methyl sites for hydroxylation is 1. The van der Waals surface area contributed by atoms with Crippen LogP contribution in [0.25, 0.3) is 0 Å². The molecule has 1 aliphatic carbocycles. The third-order valence-corrected chi connectivity index (χ3v) is 4.87. The molecule has 102 valence electrons. The molecular formula is C14H24N2OS. The minimum Gasteiger partial charge on any atom is -0.396 e. The van der Waals surface area contributed by atoms with Crippen molar-refractivity contribution in [3.05, 3.63) is 11.4 Å². The van der Waals surface area contributed by atoms with Gasteiger partial charge >= 0.3 is 0 Å². The highest BCUT2D eigenvalue weighted by Gasteiger charge is 2.21. The average Bonchev–Trinajstić information content (AvgIpc) is 2.67. The summed E-state index contributed by atoms with van der Waals surface area (Å²) in [5, 5.41) is 10.0. The van der Waals surface area contributed by atoms with E-state index in [0.29, 0.717) is 6.04 Å². The van der Waals surface area contributed by atoms with E-state index in [9.17, 15) is 0 Å². The van der Waals surface area contributed by atoms with E-state index in [-0.39, 0.29) is 6.61 Å². The van der Waals surface area contributed by atoms with Crippen LogP contribution in [0.15, 0.2) is 5.16 Å². The van der Waals surface area contributed by atoms with Crippen molar-refractivity contribution in [1.29, 1.82) is 0 Å². The van der Waals surface area contributed by atoms with Crippen LogP contribution >= 0.6 is 11.8 Å². The molecule has 3 nitrogen and oxygen atoms in total. The zero-order valence-electron chi connectivity index (χ0n) is 11.5. The molecule has 2 rings (SSSR count). The van der Waals surface area contributed by atoms with Crippen molar-refractivity contribution in [2.24, 2.45) is 0 Å². The largest absolute Gasteiger partial charge is 0.396 e. The van der Waals surface area contributed by atoms with Crippen LogP contribution in [-0.2, 0) is 0 Å². The maximum absolute atomic E-state index is 8.88. The number of aliphatic hydroxyl groups is 1. The van der Waals surface area contributed by atoms with Crippen LogP contribution in [0.5, 0.6) is 0 Å². The summed E-state index contributed by atoms with van der Waals surface area (Å²) in [4.78, 5) is 4.70. The molecule has 1 saturated carbocycles. The lowest BCUT2D eigenvalue weighted by molar-refractivity contribution is 0.296. The van der Waals surface area contributed by atoms with E-state index in [2.05, 4.69) is 18.4 Å². The molecule has 1 N–H and O–H groups in total. The van der Waals surface area contributed by atoms with Gasteiger partial charge in [-0.25, -0.2) is 4.98 Å². The Hall–Kier alpha value is -0.480. The van der Waals surface area contributed by atoms with Gasteiger partial charge in [0.1, 0.15) is 0 Å². The zero-order valence-corrected chi connectivity index (χ0v) is 12.3. The van der Waals surface area contributed by atoms with E-state index in [1.54, 1.807) is 11.8 Å². The van der Waals surface area contributed by atoms with E-state index in [0.717, 1.165) is 23.0 Å². The molecule has 0 aliphatic heterocycles. The van der Waals surface area contributed by atoms with Gasteiger partial charge in [-0.3, -0.25) is 0 Å². The first-order valence-electron chi connectivity index (χ1n) is 7.03. The molecule has 4 heteroatoms. The van der Waals surface area contributed by atoms with E-state index in [1.807, 2.05) is 0 Å². The summed E-state index contributed by atoms with van der Waals surface area (Å²) in [6.45, 7) is 4.56. The highest BCUT2D eigenvalue weighted by atomic mass is 32.2. The molecule has 1 fully saturated rings. The van der Waals surface area contributed by atoms with Gasteiger partial charge < -0.3 is 9.67 Å². The number of imidazole rings is 1. The first-order valence-corrected chi connectivity index (χ1v) is 8.01. The second-order valence-corrected chi connectivity index (χ2v) is 6.21. The number of aliphatic hydroxyl groups excluding tert-OH is 1. The SMILES string of the molecule is Cc1nc(SCCCO)n(C2CCCCC2)c1C. The molecule has 0 radical (unpaired) electrons. The third kappa shape index (κ3) is 3.09. The van der Waals surface area contributed by atoms with E-state index in [1.165, 1.54) is 37.8 Å². The van der Waals surface area contributed by atoms with Crippen molar-refractivity contribution < 1.29 is 5.11 Å². The Morgan fingerprint density at radius 2 is 2.00 bits per heavy atom. The van der Waals surface area contributed by atoms with Crippen LogP contribution in [-0.4, -0.2) is 27.0 Å². The standard InChI is InChI=1S/C14H24N2OS/c1-11-12(2)16(13-7-4-3-5-8-13)14(15-11)18-10-6-9-17/h13,17H,3-10H2,1-2H3. The zero-order chi connectivity index (χ0) is 13.0. The van der Waals surface area contributed by atoms with Gasteiger partial charge in [0.2, 0.25) is 0 Å². The van der Waals surface area contributed by atoms with Gasteiger partial charge in [-0.15, -0.1) is 0 Å². The molecule has 1 aromatic heterocycles. The molecule has 1 heterocycles. The molecule has 0 saturated heterocycles. The minimum absolute atomic E-state index is 0.273. The highest BCUT2D eigenvalue weighted by Crippen LogP contribution is 2.34. The quantitative estimate of drug-likeness (QED) is 0.656. The van der Waals surface area contributed by atoms with Crippen molar-refractivity contribution in [1.82, 2.24) is 9.55 Å². The van der Waals surface area contributed by atoms with Gasteiger partial charge in [-0.05, 0) is 33.1 Å². The average molecular weight is 268 g/mol. The Kier molecular flexibility index (Phi) is 5.13. The normalized spacial score (nSPS) is 17.3. The van der Waals surface area contributed by atoms with Crippen LogP contribution in [0.1, 0.15) is 56.0 Å². The molecule has 1 aliphatic rings. The van der Waals surface area contributed by atoms with Gasteiger partial charge in [0, 0.05) is 24.1 Å². The molecule has 0 amide bonds. The molecule has 0 spiro atoms. The van der Waals surface area contributed by atoms with E-state index in [4.69, 9.17) is 10.1 Å². The van der Waals surface area contributed by atoms with Gasteiger partial charge in [0.15, 0.2) is 5.16 Å². The monoisotopic (exact) mass is 268 g/mol. The summed E-state index contributed by atoms with van der Waals surface area (Å²) in [6, 6.07) is 0.650. The van der Waals surface area contributed by atoms with Crippen molar-refractivity contribution in [3.8, 4) is 0 Å². The number of nitrogens with zero attached hydrogens (tertiary/aromatic N) is 2. The Morgan fingerprint density at radius 3 is 2.67 bits per heavy atom. The fourth-order valence-electron chi connectivity index (χ4n) is 2.70. The van der Waals surface area contributed by atoms with Gasteiger partial charge in [0.25, 0.3) is 0 Å². The molecule has 0 atom stereocenters. The van der Waals surface area contributed by atoms with Crippen molar-refractivity contribution in [2.75, 3.05) is 12.4 Å². The fraction of sp³-hybridized carbons (Fsp3) is 0.786. The predicted molar refractivity (Wildman–Crippen MR) is 76.2 cm³/mol. The van der Waals surface area contributed by atoms with Gasteiger partial charge in [-0.2, -0.15) is 0 Å². The summed E-state index contributed by atoms with van der Waals surface area (Å²) >= 11 is 1.79. The topological polar surface area (TPSA) is 38.1 Å². The lowest BCUT2D eigenvalue weighted by atomic mass is 9.95. The Balaban J connectivity index is 2.14. The lowest BCUT2D eigenvalue weighted by Crippen LogP contribution is -2.15. The predicted octanol–water partition coefficient (Wildman–Crippen LogP) is 3.48. The second kappa shape index (κ2) is 6.62. The first-order chi connectivity index (χ1) is 8.74. The lowest BCUT2D eigenvalue weighted by Gasteiger charge is -2.26. The smallest absolute Gasteiger partial charge is 0.168 e. The van der Waals surface area contributed by atoms with Gasteiger partial charge in [-0.1, -0.05) is 31.0 Å². The number of aromatic nitrogens is 2. The maximum Gasteiger partial charge on any atom is 0.168 e. The number of thioether (sulfide) groups is 1. The second-order valence-electron chi connectivity index (χ2n) is 5.15. The molecule has 1 aromatic rings. The molecule has 0 aromatic carbocycles. The summed E-state index contributed by atoms with van der Waals surface area (Å²) < 4.78 is 2.45. The van der Waals surface area contributed by atoms with Crippen LogP contribution in [0.2, 0.25) is 0 Å². The molecule has 18 heavy (non-hydrogen) atoms. The summed E-state index contributed by atoms with van der Waals surface area (Å²) in [5.74, 6) is 0.957. The molecule has 0 unspecified atom stereocenters. The summed E-state index contributed by atoms with van der Waals surface area (Å²) in [5.41, 5.74) is 2.49. The minimum atomic E-state index is 0.273. The third-order valence-electron chi connectivity index (χ3n) is 3.83. The van der Waals surface area contributed by atoms with E-state index < -0.39 is 0 Å². The number of hydrogen-bond acceptors (Lipinski definition) is 3. The number of rotatable bonds is 5. The van der Waals surface area contributed by atoms with Crippen LogP contribution in [0.4, 0.5) is 0 Å². The van der Waals surface area contributed by atoms with E-state index >= 15 is 0 Å². The molecular weight excluding hydrogens is 244 g/mol. The van der Waals surface area contributed by atoms with Crippen LogP contribution < -0.4 is 0 Å². The van der Waals surface area contributed by atoms with Gasteiger partial charge in [0.05, 0.1) is 5.69 Å². The molecule has 0 bridgehead atoms. The number of hydrogen-bond donors (Lipinski definition) is 1. The Labute approximate surface area is 114 Å². The summed E-state index contributed by atoms with van der Waals surface area (Å²) in [6.07, 6.45) is 7.52.